The van der Waals surface area contributed by atoms with E-state index in [9.17, 15) is 4.79 Å². The highest BCUT2D eigenvalue weighted by atomic mass is 35.5. The predicted octanol–water partition coefficient (Wildman–Crippen LogP) is 5.20. The van der Waals surface area contributed by atoms with Crippen LogP contribution in [0, 0.1) is 0 Å². The molecular formula is C26H26ClN3O3. The van der Waals surface area contributed by atoms with Gasteiger partial charge in [0.1, 0.15) is 23.9 Å². The number of carbonyl (C=O) groups is 1. The van der Waals surface area contributed by atoms with Gasteiger partial charge in [-0.1, -0.05) is 35.9 Å². The van der Waals surface area contributed by atoms with Crippen molar-refractivity contribution in [3.05, 3.63) is 89.2 Å². The average Bonchev–Trinajstić information content (AvgIpc) is 3.19. The molecule has 3 aromatic carbocycles. The van der Waals surface area contributed by atoms with Gasteiger partial charge in [-0.25, -0.2) is 4.98 Å². The van der Waals surface area contributed by atoms with Gasteiger partial charge in [-0.05, 0) is 61.0 Å². The van der Waals surface area contributed by atoms with E-state index in [1.165, 1.54) is 0 Å². The van der Waals surface area contributed by atoms with Crippen LogP contribution < -0.4 is 14.8 Å². The number of rotatable bonds is 9. The molecule has 0 saturated heterocycles. The topological polar surface area (TPSA) is 65.4 Å². The van der Waals surface area contributed by atoms with E-state index in [1.807, 2.05) is 67.6 Å². The minimum Gasteiger partial charge on any atom is -0.497 e. The van der Waals surface area contributed by atoms with Crippen molar-refractivity contribution in [2.75, 3.05) is 13.7 Å². The number of imidazole rings is 1. The first-order valence-electron chi connectivity index (χ1n) is 10.8. The summed E-state index contributed by atoms with van der Waals surface area (Å²) in [7, 11) is 1.62. The number of para-hydroxylation sites is 2. The van der Waals surface area contributed by atoms with Crippen molar-refractivity contribution in [2.24, 2.45) is 0 Å². The van der Waals surface area contributed by atoms with Crippen LogP contribution >= 0.6 is 11.6 Å². The lowest BCUT2D eigenvalue weighted by Gasteiger charge is -2.17. The lowest BCUT2D eigenvalue weighted by atomic mass is 10.1. The van der Waals surface area contributed by atoms with Crippen LogP contribution in [0.4, 0.5) is 0 Å². The second-order valence-electron chi connectivity index (χ2n) is 7.73. The monoisotopic (exact) mass is 463 g/mol. The Hall–Kier alpha value is -3.51. The molecule has 4 rings (SSSR count). The van der Waals surface area contributed by atoms with Crippen molar-refractivity contribution < 1.29 is 14.3 Å². The SMILES string of the molecule is COc1ccc(CC(=O)NC(C)c2nc3ccccc3n2CCOc2ccc(Cl)cc2)cc1. The molecule has 1 heterocycles. The molecule has 170 valence electrons. The zero-order valence-electron chi connectivity index (χ0n) is 18.6. The molecule has 0 fully saturated rings. The van der Waals surface area contributed by atoms with Gasteiger partial charge in [-0.2, -0.15) is 0 Å². The molecule has 1 amide bonds. The number of methoxy groups -OCH3 is 1. The van der Waals surface area contributed by atoms with E-state index in [0.717, 1.165) is 33.9 Å². The van der Waals surface area contributed by atoms with Gasteiger partial charge in [0.2, 0.25) is 5.91 Å². The maximum absolute atomic E-state index is 12.7. The highest BCUT2D eigenvalue weighted by Gasteiger charge is 2.18. The normalized spacial score (nSPS) is 11.8. The summed E-state index contributed by atoms with van der Waals surface area (Å²) >= 11 is 5.95. The van der Waals surface area contributed by atoms with Crippen molar-refractivity contribution in [1.82, 2.24) is 14.9 Å². The molecule has 1 atom stereocenters. The van der Waals surface area contributed by atoms with E-state index < -0.39 is 0 Å². The second kappa shape index (κ2) is 10.4. The van der Waals surface area contributed by atoms with Crippen molar-refractivity contribution in [3.8, 4) is 11.5 Å². The minimum atomic E-state index is -0.265. The maximum atomic E-state index is 12.7. The van der Waals surface area contributed by atoms with E-state index in [1.54, 1.807) is 19.2 Å². The fourth-order valence-corrected chi connectivity index (χ4v) is 3.86. The molecule has 0 aliphatic rings. The number of ether oxygens (including phenoxy) is 2. The van der Waals surface area contributed by atoms with Crippen molar-refractivity contribution >= 4 is 28.5 Å². The van der Waals surface area contributed by atoms with Gasteiger partial charge in [0.25, 0.3) is 0 Å². The smallest absolute Gasteiger partial charge is 0.224 e. The van der Waals surface area contributed by atoms with Crippen LogP contribution in [0.25, 0.3) is 11.0 Å². The third kappa shape index (κ3) is 5.65. The van der Waals surface area contributed by atoms with Crippen LogP contribution in [0.2, 0.25) is 5.02 Å². The minimum absolute atomic E-state index is 0.0660. The Morgan fingerprint density at radius 1 is 1.03 bits per heavy atom. The number of nitrogens with one attached hydrogen (secondary N) is 1. The third-order valence-electron chi connectivity index (χ3n) is 5.37. The maximum Gasteiger partial charge on any atom is 0.224 e. The summed E-state index contributed by atoms with van der Waals surface area (Å²) in [6, 6.07) is 22.5. The molecule has 0 aliphatic carbocycles. The molecule has 0 radical (unpaired) electrons. The van der Waals surface area contributed by atoms with Gasteiger partial charge in [0, 0.05) is 5.02 Å². The Balaban J connectivity index is 1.46. The Labute approximate surface area is 198 Å². The Kier molecular flexibility index (Phi) is 7.15. The molecule has 1 unspecified atom stereocenters. The number of fused-ring (bicyclic) bond motifs is 1. The van der Waals surface area contributed by atoms with Crippen LogP contribution in [-0.2, 0) is 17.8 Å². The first kappa shape index (κ1) is 22.7. The summed E-state index contributed by atoms with van der Waals surface area (Å²) in [5, 5.41) is 3.75. The number of benzene rings is 3. The number of hydrogen-bond acceptors (Lipinski definition) is 4. The summed E-state index contributed by atoms with van der Waals surface area (Å²) in [4.78, 5) is 17.5. The van der Waals surface area contributed by atoms with Gasteiger partial charge >= 0.3 is 0 Å². The van der Waals surface area contributed by atoms with E-state index in [-0.39, 0.29) is 18.4 Å². The number of carbonyl (C=O) groups excluding carboxylic acids is 1. The summed E-state index contributed by atoms with van der Waals surface area (Å²) in [6.07, 6.45) is 0.286. The molecule has 0 spiro atoms. The van der Waals surface area contributed by atoms with E-state index >= 15 is 0 Å². The van der Waals surface area contributed by atoms with Crippen LogP contribution in [0.1, 0.15) is 24.4 Å². The molecule has 0 bridgehead atoms. The van der Waals surface area contributed by atoms with Crippen LogP contribution in [0.15, 0.2) is 72.8 Å². The lowest BCUT2D eigenvalue weighted by Crippen LogP contribution is -2.30. The second-order valence-corrected chi connectivity index (χ2v) is 8.16. The molecular weight excluding hydrogens is 438 g/mol. The standard InChI is InChI=1S/C26H26ClN3O3/c1-18(28-25(31)17-19-7-11-21(32-2)12-8-19)26-29-23-5-3-4-6-24(23)30(26)15-16-33-22-13-9-20(27)10-14-22/h3-14,18H,15-17H2,1-2H3,(H,28,31). The number of nitrogens with zero attached hydrogens (tertiary/aromatic N) is 2. The fourth-order valence-electron chi connectivity index (χ4n) is 3.73. The Morgan fingerprint density at radius 3 is 2.45 bits per heavy atom. The van der Waals surface area contributed by atoms with Gasteiger partial charge in [0.05, 0.1) is 37.2 Å². The zero-order valence-corrected chi connectivity index (χ0v) is 19.4. The summed E-state index contributed by atoms with van der Waals surface area (Å²) < 4.78 is 13.2. The molecule has 1 aromatic heterocycles. The fraction of sp³-hybridized carbons (Fsp3) is 0.231. The molecule has 33 heavy (non-hydrogen) atoms. The lowest BCUT2D eigenvalue weighted by molar-refractivity contribution is -0.121. The highest BCUT2D eigenvalue weighted by Crippen LogP contribution is 2.22. The van der Waals surface area contributed by atoms with E-state index in [4.69, 9.17) is 26.1 Å². The zero-order chi connectivity index (χ0) is 23.2. The summed E-state index contributed by atoms with van der Waals surface area (Å²) in [6.45, 7) is 3.00. The number of hydrogen-bond donors (Lipinski definition) is 1. The Morgan fingerprint density at radius 2 is 1.73 bits per heavy atom. The largest absolute Gasteiger partial charge is 0.497 e. The number of aromatic nitrogens is 2. The molecule has 0 aliphatic heterocycles. The van der Waals surface area contributed by atoms with Crippen LogP contribution in [0.5, 0.6) is 11.5 Å². The van der Waals surface area contributed by atoms with E-state index in [2.05, 4.69) is 9.88 Å². The van der Waals surface area contributed by atoms with Crippen LogP contribution in [0.3, 0.4) is 0 Å². The molecule has 1 N–H and O–H groups in total. The molecule has 7 heteroatoms. The predicted molar refractivity (Wildman–Crippen MR) is 130 cm³/mol. The van der Waals surface area contributed by atoms with Gasteiger partial charge in [0.15, 0.2) is 0 Å². The first-order chi connectivity index (χ1) is 16.0. The quantitative estimate of drug-likeness (QED) is 0.370. The summed E-state index contributed by atoms with van der Waals surface area (Å²) in [5.41, 5.74) is 2.81. The molecule has 0 saturated carbocycles. The van der Waals surface area contributed by atoms with Crippen molar-refractivity contribution in [1.29, 1.82) is 0 Å². The van der Waals surface area contributed by atoms with Gasteiger partial charge in [-0.15, -0.1) is 0 Å². The average molecular weight is 464 g/mol. The van der Waals surface area contributed by atoms with Crippen molar-refractivity contribution in [2.45, 2.75) is 25.9 Å². The molecule has 6 nitrogen and oxygen atoms in total. The first-order valence-corrected chi connectivity index (χ1v) is 11.2. The Bertz CT molecular complexity index is 1220. The van der Waals surface area contributed by atoms with E-state index in [0.29, 0.717) is 18.2 Å². The number of halogens is 1. The third-order valence-corrected chi connectivity index (χ3v) is 5.62. The van der Waals surface area contributed by atoms with Gasteiger partial charge in [-0.3, -0.25) is 4.79 Å². The summed E-state index contributed by atoms with van der Waals surface area (Å²) in [5.74, 6) is 2.25. The number of amides is 1. The van der Waals surface area contributed by atoms with Gasteiger partial charge < -0.3 is 19.4 Å². The van der Waals surface area contributed by atoms with Crippen molar-refractivity contribution in [3.63, 3.8) is 0 Å². The molecule has 4 aromatic rings. The van der Waals surface area contributed by atoms with Crippen LogP contribution in [-0.4, -0.2) is 29.2 Å². The highest BCUT2D eigenvalue weighted by molar-refractivity contribution is 6.30.